The third kappa shape index (κ3) is 3.50. The summed E-state index contributed by atoms with van der Waals surface area (Å²) in [5, 5.41) is 0. The van der Waals surface area contributed by atoms with Gasteiger partial charge in [-0.2, -0.15) is 0 Å². The number of benzene rings is 1. The molecule has 1 aromatic carbocycles. The SMILES string of the molecule is CC(C)c1ccc(C(=O)N2CCC(CCl)CC2)cc1. The lowest BCUT2D eigenvalue weighted by atomic mass is 9.97. The maximum Gasteiger partial charge on any atom is 0.253 e. The van der Waals surface area contributed by atoms with Gasteiger partial charge in [-0.15, -0.1) is 11.6 Å². The fraction of sp³-hybridized carbons (Fsp3) is 0.562. The summed E-state index contributed by atoms with van der Waals surface area (Å²) < 4.78 is 0. The number of alkyl halides is 1. The number of likely N-dealkylation sites (tertiary alicyclic amines) is 1. The highest BCUT2D eigenvalue weighted by Crippen LogP contribution is 2.21. The van der Waals surface area contributed by atoms with Crippen molar-refractivity contribution >= 4 is 17.5 Å². The second kappa shape index (κ2) is 6.42. The minimum Gasteiger partial charge on any atom is -0.339 e. The number of rotatable bonds is 3. The molecule has 0 bridgehead atoms. The highest BCUT2D eigenvalue weighted by molar-refractivity contribution is 6.18. The van der Waals surface area contributed by atoms with E-state index in [0.717, 1.165) is 31.5 Å². The molecular weight excluding hydrogens is 258 g/mol. The maximum absolute atomic E-state index is 12.4. The smallest absolute Gasteiger partial charge is 0.253 e. The zero-order valence-electron chi connectivity index (χ0n) is 11.7. The molecule has 1 amide bonds. The fourth-order valence-electron chi connectivity index (χ4n) is 2.48. The average Bonchev–Trinajstić information content (AvgIpc) is 2.46. The number of nitrogens with zero attached hydrogens (tertiary/aromatic N) is 1. The van der Waals surface area contributed by atoms with Crippen molar-refractivity contribution in [1.29, 1.82) is 0 Å². The topological polar surface area (TPSA) is 20.3 Å². The molecule has 0 saturated carbocycles. The molecule has 1 aliphatic rings. The van der Waals surface area contributed by atoms with Crippen molar-refractivity contribution < 1.29 is 4.79 Å². The Bertz CT molecular complexity index is 419. The molecule has 2 nitrogen and oxygen atoms in total. The van der Waals surface area contributed by atoms with Crippen LogP contribution >= 0.6 is 11.6 Å². The summed E-state index contributed by atoms with van der Waals surface area (Å²) in [5.74, 6) is 1.95. The number of amides is 1. The first-order valence-corrected chi connectivity index (χ1v) is 7.60. The Morgan fingerprint density at radius 2 is 1.84 bits per heavy atom. The second-order valence-corrected chi connectivity index (χ2v) is 5.98. The third-order valence-corrected chi connectivity index (χ3v) is 4.38. The number of hydrogen-bond acceptors (Lipinski definition) is 1. The van der Waals surface area contributed by atoms with Gasteiger partial charge in [0.1, 0.15) is 0 Å². The fourth-order valence-corrected chi connectivity index (χ4v) is 2.79. The Hall–Kier alpha value is -1.02. The lowest BCUT2D eigenvalue weighted by Gasteiger charge is -2.31. The normalized spacial score (nSPS) is 16.9. The van der Waals surface area contributed by atoms with Crippen LogP contribution in [0.4, 0.5) is 0 Å². The van der Waals surface area contributed by atoms with E-state index >= 15 is 0 Å². The largest absolute Gasteiger partial charge is 0.339 e. The Balaban J connectivity index is 2.00. The van der Waals surface area contributed by atoms with Gasteiger partial charge in [-0.25, -0.2) is 0 Å². The van der Waals surface area contributed by atoms with E-state index < -0.39 is 0 Å². The second-order valence-electron chi connectivity index (χ2n) is 5.67. The number of carbonyl (C=O) groups excluding carboxylic acids is 1. The summed E-state index contributed by atoms with van der Waals surface area (Å²) in [6, 6.07) is 8.02. The first kappa shape index (κ1) is 14.4. The summed E-state index contributed by atoms with van der Waals surface area (Å²) in [7, 11) is 0. The number of carbonyl (C=O) groups is 1. The number of halogens is 1. The molecule has 0 spiro atoms. The van der Waals surface area contributed by atoms with Gasteiger partial charge in [0, 0.05) is 24.5 Å². The number of piperidine rings is 1. The Labute approximate surface area is 120 Å². The van der Waals surface area contributed by atoms with E-state index in [1.165, 1.54) is 5.56 Å². The minimum absolute atomic E-state index is 0.156. The van der Waals surface area contributed by atoms with E-state index in [9.17, 15) is 4.79 Å². The van der Waals surface area contributed by atoms with Crippen LogP contribution in [-0.2, 0) is 0 Å². The van der Waals surface area contributed by atoms with E-state index in [0.29, 0.717) is 17.7 Å². The summed E-state index contributed by atoms with van der Waals surface area (Å²) in [6.07, 6.45) is 2.05. The van der Waals surface area contributed by atoms with Gasteiger partial charge in [0.05, 0.1) is 0 Å². The van der Waals surface area contributed by atoms with Crippen molar-refractivity contribution in [2.45, 2.75) is 32.6 Å². The van der Waals surface area contributed by atoms with Crippen LogP contribution in [-0.4, -0.2) is 29.8 Å². The summed E-state index contributed by atoms with van der Waals surface area (Å²) in [5.41, 5.74) is 2.08. The van der Waals surface area contributed by atoms with Crippen LogP contribution in [0.5, 0.6) is 0 Å². The third-order valence-electron chi connectivity index (χ3n) is 3.94. The van der Waals surface area contributed by atoms with Crippen molar-refractivity contribution in [2.75, 3.05) is 19.0 Å². The van der Waals surface area contributed by atoms with E-state index in [2.05, 4.69) is 26.0 Å². The first-order chi connectivity index (χ1) is 9.11. The molecule has 0 unspecified atom stereocenters. The molecule has 104 valence electrons. The maximum atomic E-state index is 12.4. The molecule has 0 atom stereocenters. The van der Waals surface area contributed by atoms with E-state index in [-0.39, 0.29) is 5.91 Å². The van der Waals surface area contributed by atoms with Gasteiger partial charge < -0.3 is 4.90 Å². The minimum atomic E-state index is 0.156. The first-order valence-electron chi connectivity index (χ1n) is 7.07. The lowest BCUT2D eigenvalue weighted by molar-refractivity contribution is 0.0698. The standard InChI is InChI=1S/C16H22ClNO/c1-12(2)14-3-5-15(6-4-14)16(19)18-9-7-13(11-17)8-10-18/h3-6,12-13H,7-11H2,1-2H3. The quantitative estimate of drug-likeness (QED) is 0.769. The van der Waals surface area contributed by atoms with Gasteiger partial charge in [-0.1, -0.05) is 26.0 Å². The van der Waals surface area contributed by atoms with E-state index in [1.54, 1.807) is 0 Å². The van der Waals surface area contributed by atoms with Gasteiger partial charge >= 0.3 is 0 Å². The monoisotopic (exact) mass is 279 g/mol. The molecule has 3 heteroatoms. The predicted molar refractivity (Wildman–Crippen MR) is 79.9 cm³/mol. The highest BCUT2D eigenvalue weighted by atomic mass is 35.5. The van der Waals surface area contributed by atoms with Crippen molar-refractivity contribution in [3.05, 3.63) is 35.4 Å². The molecule has 1 saturated heterocycles. The van der Waals surface area contributed by atoms with Gasteiger partial charge in [0.25, 0.3) is 5.91 Å². The molecule has 0 radical (unpaired) electrons. The molecule has 1 aromatic rings. The molecule has 2 rings (SSSR count). The molecular formula is C16H22ClNO. The molecule has 0 aliphatic carbocycles. The zero-order chi connectivity index (χ0) is 13.8. The van der Waals surface area contributed by atoms with Gasteiger partial charge in [0.2, 0.25) is 0 Å². The lowest BCUT2D eigenvalue weighted by Crippen LogP contribution is -2.38. The Morgan fingerprint density at radius 1 is 1.26 bits per heavy atom. The van der Waals surface area contributed by atoms with Gasteiger partial charge in [0.15, 0.2) is 0 Å². The van der Waals surface area contributed by atoms with Crippen LogP contribution < -0.4 is 0 Å². The van der Waals surface area contributed by atoms with Crippen LogP contribution in [0, 0.1) is 5.92 Å². The van der Waals surface area contributed by atoms with Gasteiger partial charge in [-0.3, -0.25) is 4.79 Å². The van der Waals surface area contributed by atoms with E-state index in [1.807, 2.05) is 17.0 Å². The van der Waals surface area contributed by atoms with Crippen LogP contribution in [0.25, 0.3) is 0 Å². The molecule has 1 heterocycles. The Kier molecular flexibility index (Phi) is 4.87. The summed E-state index contributed by atoms with van der Waals surface area (Å²) in [4.78, 5) is 14.3. The van der Waals surface area contributed by atoms with Crippen molar-refractivity contribution in [3.8, 4) is 0 Å². The van der Waals surface area contributed by atoms with Crippen molar-refractivity contribution in [3.63, 3.8) is 0 Å². The molecule has 0 N–H and O–H groups in total. The number of hydrogen-bond donors (Lipinski definition) is 0. The predicted octanol–water partition coefficient (Wildman–Crippen LogP) is 3.90. The summed E-state index contributed by atoms with van der Waals surface area (Å²) >= 11 is 5.87. The van der Waals surface area contributed by atoms with Crippen LogP contribution in [0.3, 0.4) is 0 Å². The molecule has 1 aliphatic heterocycles. The molecule has 1 fully saturated rings. The van der Waals surface area contributed by atoms with Crippen LogP contribution in [0.1, 0.15) is 48.5 Å². The van der Waals surface area contributed by atoms with Gasteiger partial charge in [-0.05, 0) is 42.4 Å². The Morgan fingerprint density at radius 3 is 2.32 bits per heavy atom. The van der Waals surface area contributed by atoms with Crippen molar-refractivity contribution in [1.82, 2.24) is 4.90 Å². The van der Waals surface area contributed by atoms with Crippen LogP contribution in [0.2, 0.25) is 0 Å². The molecule has 19 heavy (non-hydrogen) atoms. The molecule has 0 aromatic heterocycles. The van der Waals surface area contributed by atoms with Crippen LogP contribution in [0.15, 0.2) is 24.3 Å². The van der Waals surface area contributed by atoms with E-state index in [4.69, 9.17) is 11.6 Å². The zero-order valence-corrected chi connectivity index (χ0v) is 12.5. The van der Waals surface area contributed by atoms with Crippen molar-refractivity contribution in [2.24, 2.45) is 5.92 Å². The summed E-state index contributed by atoms with van der Waals surface area (Å²) in [6.45, 7) is 5.99. The highest BCUT2D eigenvalue weighted by Gasteiger charge is 2.22. The average molecular weight is 280 g/mol.